The molecule has 0 bridgehead atoms. The van der Waals surface area contributed by atoms with Crippen LogP contribution in [0.3, 0.4) is 0 Å². The number of piperidine rings is 1. The molecule has 30 heavy (non-hydrogen) atoms. The molecule has 0 atom stereocenters. The first-order valence-electron chi connectivity index (χ1n) is 9.11. The van der Waals surface area contributed by atoms with Gasteiger partial charge in [0.2, 0.25) is 15.9 Å². The fourth-order valence-electron chi connectivity index (χ4n) is 3.32. The van der Waals surface area contributed by atoms with Crippen molar-refractivity contribution in [3.63, 3.8) is 0 Å². The van der Waals surface area contributed by atoms with E-state index in [-0.39, 0.29) is 36.5 Å². The normalized spacial score (nSPS) is 15.7. The number of amides is 1. The van der Waals surface area contributed by atoms with Gasteiger partial charge in [0.25, 0.3) is 5.69 Å². The van der Waals surface area contributed by atoms with Gasteiger partial charge in [0, 0.05) is 31.1 Å². The quantitative estimate of drug-likeness (QED) is 0.568. The fourth-order valence-corrected chi connectivity index (χ4v) is 5.03. The molecular formula is C19H19F2N3O5S. The van der Waals surface area contributed by atoms with Crippen LogP contribution in [0.1, 0.15) is 18.4 Å². The summed E-state index contributed by atoms with van der Waals surface area (Å²) in [6.07, 6.45) is 0.296. The number of nitrogens with zero attached hydrogens (tertiary/aromatic N) is 2. The molecule has 0 saturated carbocycles. The van der Waals surface area contributed by atoms with Gasteiger partial charge < -0.3 is 5.32 Å². The Kier molecular flexibility index (Phi) is 6.13. The van der Waals surface area contributed by atoms with Crippen molar-refractivity contribution >= 4 is 27.3 Å². The van der Waals surface area contributed by atoms with E-state index in [9.17, 15) is 32.1 Å². The highest BCUT2D eigenvalue weighted by molar-refractivity contribution is 7.89. The standard InChI is InChI=1S/C19H19F2N3O5S/c1-12-5-6-14(24(26)27)11-17(12)30(28,29)23-9-7-13(8-10-23)19(25)22-18-15(20)3-2-4-16(18)21/h2-6,11,13H,7-10H2,1H3,(H,22,25). The SMILES string of the molecule is Cc1ccc([N+](=O)[O-])cc1S(=O)(=O)N1CCC(C(=O)Nc2c(F)cccc2F)CC1. The third-order valence-electron chi connectivity index (χ3n) is 5.04. The summed E-state index contributed by atoms with van der Waals surface area (Å²) in [4.78, 5) is 22.5. The van der Waals surface area contributed by atoms with Crippen LogP contribution in [0, 0.1) is 34.6 Å². The highest BCUT2D eigenvalue weighted by atomic mass is 32.2. The zero-order chi connectivity index (χ0) is 22.1. The number of aryl methyl sites for hydroxylation is 1. The third kappa shape index (κ3) is 4.31. The van der Waals surface area contributed by atoms with Gasteiger partial charge in [-0.1, -0.05) is 12.1 Å². The van der Waals surface area contributed by atoms with Crippen molar-refractivity contribution in [2.45, 2.75) is 24.7 Å². The van der Waals surface area contributed by atoms with Crippen LogP contribution in [0.15, 0.2) is 41.3 Å². The molecule has 1 amide bonds. The molecule has 11 heteroatoms. The fraction of sp³-hybridized carbons (Fsp3) is 0.316. The number of nitro benzene ring substituents is 1. The van der Waals surface area contributed by atoms with Crippen LogP contribution in [-0.4, -0.2) is 36.6 Å². The average molecular weight is 439 g/mol. The van der Waals surface area contributed by atoms with Gasteiger partial charge >= 0.3 is 0 Å². The summed E-state index contributed by atoms with van der Waals surface area (Å²) in [5.74, 6) is -3.02. The summed E-state index contributed by atoms with van der Waals surface area (Å²) in [6.45, 7) is 1.55. The Hall–Kier alpha value is -2.92. The van der Waals surface area contributed by atoms with Gasteiger partial charge in [-0.25, -0.2) is 17.2 Å². The van der Waals surface area contributed by atoms with Crippen molar-refractivity contribution in [1.29, 1.82) is 0 Å². The number of carbonyl (C=O) groups is 1. The van der Waals surface area contributed by atoms with Gasteiger partial charge in [0.15, 0.2) is 0 Å². The third-order valence-corrected chi connectivity index (χ3v) is 7.08. The van der Waals surface area contributed by atoms with Gasteiger partial charge in [0.05, 0.1) is 9.82 Å². The minimum Gasteiger partial charge on any atom is -0.321 e. The number of halogens is 2. The molecule has 0 aromatic heterocycles. The Morgan fingerprint density at radius 1 is 1.17 bits per heavy atom. The zero-order valence-corrected chi connectivity index (χ0v) is 16.8. The molecule has 1 aliphatic heterocycles. The maximum absolute atomic E-state index is 13.7. The summed E-state index contributed by atoms with van der Waals surface area (Å²) in [7, 11) is -3.99. The molecule has 1 saturated heterocycles. The van der Waals surface area contributed by atoms with Crippen LogP contribution in [0.25, 0.3) is 0 Å². The molecule has 1 heterocycles. The van der Waals surface area contributed by atoms with E-state index in [1.54, 1.807) is 6.92 Å². The van der Waals surface area contributed by atoms with Gasteiger partial charge in [-0.05, 0) is 37.5 Å². The van der Waals surface area contributed by atoms with E-state index in [4.69, 9.17) is 0 Å². The summed E-state index contributed by atoms with van der Waals surface area (Å²) >= 11 is 0. The molecule has 0 radical (unpaired) electrons. The number of anilines is 1. The number of hydrogen-bond donors (Lipinski definition) is 1. The number of rotatable bonds is 5. The monoisotopic (exact) mass is 439 g/mol. The van der Waals surface area contributed by atoms with E-state index < -0.39 is 44.1 Å². The van der Waals surface area contributed by atoms with E-state index in [0.717, 1.165) is 22.5 Å². The lowest BCUT2D eigenvalue weighted by Gasteiger charge is -2.31. The number of nitrogens with one attached hydrogen (secondary N) is 1. The van der Waals surface area contributed by atoms with E-state index in [1.165, 1.54) is 18.2 Å². The van der Waals surface area contributed by atoms with E-state index in [1.807, 2.05) is 0 Å². The molecule has 1 fully saturated rings. The first-order valence-corrected chi connectivity index (χ1v) is 10.6. The van der Waals surface area contributed by atoms with Gasteiger partial charge in [-0.3, -0.25) is 14.9 Å². The minimum absolute atomic E-state index is 0.00229. The molecule has 0 unspecified atom stereocenters. The Morgan fingerprint density at radius 3 is 2.33 bits per heavy atom. The van der Waals surface area contributed by atoms with Crippen molar-refractivity contribution in [3.05, 3.63) is 63.7 Å². The Morgan fingerprint density at radius 2 is 1.77 bits per heavy atom. The first kappa shape index (κ1) is 21.8. The summed E-state index contributed by atoms with van der Waals surface area (Å²) in [5.41, 5.74) is -0.499. The molecule has 3 rings (SSSR count). The molecule has 0 spiro atoms. The lowest BCUT2D eigenvalue weighted by molar-refractivity contribution is -0.385. The topological polar surface area (TPSA) is 110 Å². The lowest BCUT2D eigenvalue weighted by atomic mass is 9.97. The van der Waals surface area contributed by atoms with Gasteiger partial charge in [-0.15, -0.1) is 0 Å². The van der Waals surface area contributed by atoms with Crippen molar-refractivity contribution in [1.82, 2.24) is 4.31 Å². The Labute approximate surface area is 171 Å². The van der Waals surface area contributed by atoms with Crippen LogP contribution in [0.4, 0.5) is 20.2 Å². The van der Waals surface area contributed by atoms with Crippen molar-refractivity contribution in [2.75, 3.05) is 18.4 Å². The largest absolute Gasteiger partial charge is 0.321 e. The summed E-state index contributed by atoms with van der Waals surface area (Å²) in [6, 6.07) is 6.84. The molecule has 1 aliphatic rings. The maximum atomic E-state index is 13.7. The lowest BCUT2D eigenvalue weighted by Crippen LogP contribution is -2.41. The molecular weight excluding hydrogens is 420 g/mol. The van der Waals surface area contributed by atoms with E-state index in [0.29, 0.717) is 5.56 Å². The van der Waals surface area contributed by atoms with Crippen LogP contribution in [0.2, 0.25) is 0 Å². The number of carbonyl (C=O) groups excluding carboxylic acids is 1. The predicted octanol–water partition coefficient (Wildman–Crippen LogP) is 3.22. The van der Waals surface area contributed by atoms with Gasteiger partial charge in [0.1, 0.15) is 17.3 Å². The number of nitro groups is 1. The zero-order valence-electron chi connectivity index (χ0n) is 16.0. The number of sulfonamides is 1. The van der Waals surface area contributed by atoms with Gasteiger partial charge in [-0.2, -0.15) is 4.31 Å². The molecule has 8 nitrogen and oxygen atoms in total. The number of hydrogen-bond acceptors (Lipinski definition) is 5. The highest BCUT2D eigenvalue weighted by Crippen LogP contribution is 2.29. The molecule has 2 aromatic rings. The maximum Gasteiger partial charge on any atom is 0.270 e. The number of para-hydroxylation sites is 1. The van der Waals surface area contributed by atoms with Crippen LogP contribution in [0.5, 0.6) is 0 Å². The number of non-ortho nitro benzene ring substituents is 1. The highest BCUT2D eigenvalue weighted by Gasteiger charge is 2.34. The second-order valence-electron chi connectivity index (χ2n) is 6.97. The Bertz CT molecular complexity index is 1080. The smallest absolute Gasteiger partial charge is 0.270 e. The summed E-state index contributed by atoms with van der Waals surface area (Å²) in [5, 5.41) is 13.2. The predicted molar refractivity (Wildman–Crippen MR) is 104 cm³/mol. The van der Waals surface area contributed by atoms with E-state index >= 15 is 0 Å². The van der Waals surface area contributed by atoms with Crippen LogP contribution < -0.4 is 5.32 Å². The minimum atomic E-state index is -3.99. The first-order chi connectivity index (χ1) is 14.1. The molecule has 1 N–H and O–H groups in total. The van der Waals surface area contributed by atoms with Crippen molar-refractivity contribution < 1.29 is 26.9 Å². The second-order valence-corrected chi connectivity index (χ2v) is 8.88. The molecule has 0 aliphatic carbocycles. The van der Waals surface area contributed by atoms with E-state index in [2.05, 4.69) is 5.32 Å². The second kappa shape index (κ2) is 8.44. The molecule has 2 aromatic carbocycles. The Balaban J connectivity index is 1.71. The summed E-state index contributed by atoms with van der Waals surface area (Å²) < 4.78 is 54.5. The van der Waals surface area contributed by atoms with Crippen molar-refractivity contribution in [3.8, 4) is 0 Å². The molecule has 160 valence electrons. The van der Waals surface area contributed by atoms with Crippen LogP contribution in [-0.2, 0) is 14.8 Å². The van der Waals surface area contributed by atoms with Crippen LogP contribution >= 0.6 is 0 Å². The van der Waals surface area contributed by atoms with Crippen molar-refractivity contribution in [2.24, 2.45) is 5.92 Å². The number of benzene rings is 2. The average Bonchev–Trinajstić information content (AvgIpc) is 2.70.